The van der Waals surface area contributed by atoms with Crippen LogP contribution in [0.4, 0.5) is 8.78 Å². The minimum Gasteiger partial charge on any atom is -0.480 e. The molecule has 0 radical (unpaired) electrons. The predicted molar refractivity (Wildman–Crippen MR) is 96.7 cm³/mol. The Balaban J connectivity index is 1.80. The number of hydrogen-bond acceptors (Lipinski definition) is 3. The van der Waals surface area contributed by atoms with Crippen LogP contribution in [0.2, 0.25) is 0 Å². The molecular weight excluding hydrogens is 358 g/mol. The van der Waals surface area contributed by atoms with E-state index in [1.54, 1.807) is 10.8 Å². The first-order chi connectivity index (χ1) is 12.4. The molecule has 2 heterocycles. The quantitative estimate of drug-likeness (QED) is 0.573. The van der Waals surface area contributed by atoms with Crippen molar-refractivity contribution in [1.29, 1.82) is 0 Å². The normalized spacial score (nSPS) is 11.5. The minimum absolute atomic E-state index is 0.0526. The lowest BCUT2D eigenvalue weighted by atomic mass is 10.1. The van der Waals surface area contributed by atoms with Crippen molar-refractivity contribution in [2.75, 3.05) is 0 Å². The van der Waals surface area contributed by atoms with E-state index >= 15 is 0 Å². The van der Waals surface area contributed by atoms with E-state index in [9.17, 15) is 13.6 Å². The minimum atomic E-state index is -0.933. The SMILES string of the molecule is Cc1cc(F)c2sc(Cc3cn(CC(=O)O)c4ccccc34)nc2c1F. The average molecular weight is 372 g/mol. The molecule has 2 aromatic carbocycles. The highest BCUT2D eigenvalue weighted by Crippen LogP contribution is 2.31. The van der Waals surface area contributed by atoms with Crippen LogP contribution in [0, 0.1) is 18.6 Å². The van der Waals surface area contributed by atoms with Crippen molar-refractivity contribution in [3.63, 3.8) is 0 Å². The van der Waals surface area contributed by atoms with E-state index in [4.69, 9.17) is 5.11 Å². The van der Waals surface area contributed by atoms with Crippen molar-refractivity contribution in [2.45, 2.75) is 19.9 Å². The number of aryl methyl sites for hydroxylation is 1. The van der Waals surface area contributed by atoms with Crippen LogP contribution >= 0.6 is 11.3 Å². The van der Waals surface area contributed by atoms with E-state index in [1.807, 2.05) is 24.3 Å². The van der Waals surface area contributed by atoms with Crippen LogP contribution in [0.1, 0.15) is 16.1 Å². The number of fused-ring (bicyclic) bond motifs is 2. The van der Waals surface area contributed by atoms with Gasteiger partial charge in [0.25, 0.3) is 0 Å². The number of carboxylic acid groups (broad SMARTS) is 1. The van der Waals surface area contributed by atoms with E-state index in [1.165, 1.54) is 13.0 Å². The van der Waals surface area contributed by atoms with Gasteiger partial charge in [-0.15, -0.1) is 11.3 Å². The molecule has 2 aromatic heterocycles. The lowest BCUT2D eigenvalue weighted by Gasteiger charge is -1.99. The second-order valence-corrected chi connectivity index (χ2v) is 7.23. The topological polar surface area (TPSA) is 55.1 Å². The molecule has 0 saturated heterocycles. The lowest BCUT2D eigenvalue weighted by molar-refractivity contribution is -0.137. The molecule has 0 amide bonds. The highest BCUT2D eigenvalue weighted by Gasteiger charge is 2.17. The third-order valence-electron chi connectivity index (χ3n) is 4.30. The Morgan fingerprint density at radius 3 is 2.85 bits per heavy atom. The summed E-state index contributed by atoms with van der Waals surface area (Å²) in [7, 11) is 0. The van der Waals surface area contributed by atoms with Gasteiger partial charge in [0.2, 0.25) is 0 Å². The van der Waals surface area contributed by atoms with Gasteiger partial charge in [0.1, 0.15) is 17.9 Å². The van der Waals surface area contributed by atoms with Crippen LogP contribution in [-0.4, -0.2) is 20.6 Å². The molecule has 4 nitrogen and oxygen atoms in total. The van der Waals surface area contributed by atoms with Crippen LogP contribution in [0.15, 0.2) is 36.5 Å². The highest BCUT2D eigenvalue weighted by molar-refractivity contribution is 7.18. The second kappa shape index (κ2) is 6.17. The van der Waals surface area contributed by atoms with Gasteiger partial charge in [-0.05, 0) is 30.2 Å². The number of hydrogen-bond donors (Lipinski definition) is 1. The van der Waals surface area contributed by atoms with Crippen LogP contribution in [-0.2, 0) is 17.8 Å². The number of aliphatic carboxylic acids is 1. The van der Waals surface area contributed by atoms with Crippen molar-refractivity contribution < 1.29 is 18.7 Å². The van der Waals surface area contributed by atoms with Gasteiger partial charge < -0.3 is 9.67 Å². The van der Waals surface area contributed by atoms with Gasteiger partial charge in [0.15, 0.2) is 5.82 Å². The first-order valence-electron chi connectivity index (χ1n) is 7.96. The van der Waals surface area contributed by atoms with E-state index in [0.717, 1.165) is 27.8 Å². The van der Waals surface area contributed by atoms with Gasteiger partial charge in [0, 0.05) is 23.5 Å². The molecule has 0 atom stereocenters. The van der Waals surface area contributed by atoms with Gasteiger partial charge in [-0.25, -0.2) is 13.8 Å². The van der Waals surface area contributed by atoms with Gasteiger partial charge in [-0.1, -0.05) is 18.2 Å². The third kappa shape index (κ3) is 2.74. The molecule has 1 N–H and O–H groups in total. The maximum Gasteiger partial charge on any atom is 0.323 e. The summed E-state index contributed by atoms with van der Waals surface area (Å²) in [6, 6.07) is 8.65. The molecule has 0 unspecified atom stereocenters. The smallest absolute Gasteiger partial charge is 0.323 e. The molecule has 4 rings (SSSR count). The van der Waals surface area contributed by atoms with Crippen molar-refractivity contribution in [1.82, 2.24) is 9.55 Å². The predicted octanol–water partition coefficient (Wildman–Crippen LogP) is 4.51. The molecular formula is C19H14F2N2O2S. The molecule has 0 bridgehead atoms. The summed E-state index contributed by atoms with van der Waals surface area (Å²) < 4.78 is 30.2. The Morgan fingerprint density at radius 1 is 1.31 bits per heavy atom. The van der Waals surface area contributed by atoms with Crippen molar-refractivity contribution in [3.8, 4) is 0 Å². The summed E-state index contributed by atoms with van der Waals surface area (Å²) >= 11 is 1.12. The molecule has 4 aromatic rings. The molecule has 7 heteroatoms. The summed E-state index contributed by atoms with van der Waals surface area (Å²) in [4.78, 5) is 15.4. The fourth-order valence-electron chi connectivity index (χ4n) is 3.16. The maximum absolute atomic E-state index is 14.2. The number of halogens is 2. The maximum atomic E-state index is 14.2. The summed E-state index contributed by atoms with van der Waals surface area (Å²) in [5, 5.41) is 10.6. The molecule has 0 fully saturated rings. The third-order valence-corrected chi connectivity index (χ3v) is 5.37. The summed E-state index contributed by atoms with van der Waals surface area (Å²) in [5.41, 5.74) is 1.96. The zero-order valence-corrected chi connectivity index (χ0v) is 14.6. The second-order valence-electron chi connectivity index (χ2n) is 6.14. The molecule has 0 aliphatic rings. The van der Waals surface area contributed by atoms with Crippen LogP contribution in [0.3, 0.4) is 0 Å². The van der Waals surface area contributed by atoms with Gasteiger partial charge in [0.05, 0.1) is 9.71 Å². The summed E-state index contributed by atoms with van der Waals surface area (Å²) in [5.74, 6) is -1.91. The number of benzene rings is 2. The number of aromatic nitrogens is 2. The van der Waals surface area contributed by atoms with Crippen molar-refractivity contribution in [2.24, 2.45) is 0 Å². The van der Waals surface area contributed by atoms with E-state index in [-0.39, 0.29) is 22.3 Å². The molecule has 0 spiro atoms. The molecule has 0 aliphatic heterocycles. The fraction of sp³-hybridized carbons (Fsp3) is 0.158. The Kier molecular flexibility index (Phi) is 3.96. The monoisotopic (exact) mass is 372 g/mol. The first kappa shape index (κ1) is 16.7. The van der Waals surface area contributed by atoms with Crippen molar-refractivity contribution in [3.05, 3.63) is 64.3 Å². The van der Waals surface area contributed by atoms with Crippen molar-refractivity contribution >= 4 is 38.4 Å². The van der Waals surface area contributed by atoms with E-state index in [2.05, 4.69) is 4.98 Å². The average Bonchev–Trinajstić information content (AvgIpc) is 3.16. The number of nitrogens with zero attached hydrogens (tertiary/aromatic N) is 2. The molecule has 132 valence electrons. The largest absolute Gasteiger partial charge is 0.480 e. The molecule has 26 heavy (non-hydrogen) atoms. The van der Waals surface area contributed by atoms with Gasteiger partial charge in [-0.2, -0.15) is 0 Å². The number of rotatable bonds is 4. The van der Waals surface area contributed by atoms with Crippen LogP contribution in [0.5, 0.6) is 0 Å². The standard InChI is InChI=1S/C19H14F2N2O2S/c1-10-6-13(20)19-18(17(10)21)22-15(26-19)7-11-8-23(9-16(24)25)14-5-3-2-4-12(11)14/h2-6,8H,7,9H2,1H3,(H,24,25). The number of carbonyl (C=O) groups is 1. The van der Waals surface area contributed by atoms with E-state index in [0.29, 0.717) is 11.4 Å². The first-order valence-corrected chi connectivity index (χ1v) is 8.78. The van der Waals surface area contributed by atoms with Gasteiger partial charge in [-0.3, -0.25) is 4.79 Å². The number of carboxylic acids is 1. The Hall–Kier alpha value is -2.80. The zero-order chi connectivity index (χ0) is 18.4. The Morgan fingerprint density at radius 2 is 2.08 bits per heavy atom. The number of thiazole rings is 1. The molecule has 0 saturated carbocycles. The summed E-state index contributed by atoms with van der Waals surface area (Å²) in [6.07, 6.45) is 2.15. The summed E-state index contributed by atoms with van der Waals surface area (Å²) in [6.45, 7) is 1.36. The Labute approximate surface area is 151 Å². The molecule has 0 aliphatic carbocycles. The van der Waals surface area contributed by atoms with Crippen LogP contribution in [0.25, 0.3) is 21.1 Å². The highest BCUT2D eigenvalue weighted by atomic mass is 32.1. The van der Waals surface area contributed by atoms with Gasteiger partial charge >= 0.3 is 5.97 Å². The Bertz CT molecular complexity index is 1160. The zero-order valence-electron chi connectivity index (χ0n) is 13.8. The van der Waals surface area contributed by atoms with E-state index < -0.39 is 17.6 Å². The lowest BCUT2D eigenvalue weighted by Crippen LogP contribution is -2.07. The number of para-hydroxylation sites is 1. The fourth-order valence-corrected chi connectivity index (χ4v) is 4.15. The van der Waals surface area contributed by atoms with Crippen LogP contribution < -0.4 is 0 Å².